The first-order chi connectivity index (χ1) is 10.7. The Hall–Kier alpha value is -2.04. The lowest BCUT2D eigenvalue weighted by Crippen LogP contribution is -2.63. The maximum absolute atomic E-state index is 12.8. The van der Waals surface area contributed by atoms with Gasteiger partial charge >= 0.3 is 0 Å². The molecule has 1 aromatic rings. The van der Waals surface area contributed by atoms with Crippen LogP contribution in [0.1, 0.15) is 46.1 Å². The van der Waals surface area contributed by atoms with Crippen molar-refractivity contribution in [1.29, 1.82) is 0 Å². The Kier molecular flexibility index (Phi) is 4.68. The minimum Gasteiger partial charge on any atom is -0.497 e. The highest BCUT2D eigenvalue weighted by Crippen LogP contribution is 2.27. The number of hydrogen-bond donors (Lipinski definition) is 2. The largest absolute Gasteiger partial charge is 0.497 e. The molecule has 23 heavy (non-hydrogen) atoms. The quantitative estimate of drug-likeness (QED) is 0.894. The smallest absolute Gasteiger partial charge is 0.230 e. The summed E-state index contributed by atoms with van der Waals surface area (Å²) in [6.45, 7) is 7.68. The first-order valence-electron chi connectivity index (χ1n) is 7.93. The average molecular weight is 318 g/mol. The van der Waals surface area contributed by atoms with E-state index in [1.807, 2.05) is 52.0 Å². The third-order valence-corrected chi connectivity index (χ3v) is 4.68. The summed E-state index contributed by atoms with van der Waals surface area (Å²) in [5, 5.41) is 6.06. The van der Waals surface area contributed by atoms with Crippen molar-refractivity contribution in [3.8, 4) is 5.75 Å². The fourth-order valence-electron chi connectivity index (χ4n) is 2.88. The van der Waals surface area contributed by atoms with Gasteiger partial charge in [-0.25, -0.2) is 0 Å². The molecule has 0 spiro atoms. The predicted octanol–water partition coefficient (Wildman–Crippen LogP) is 2.15. The second-order valence-electron chi connectivity index (χ2n) is 7.19. The van der Waals surface area contributed by atoms with Gasteiger partial charge in [-0.05, 0) is 51.8 Å². The molecule has 0 radical (unpaired) electrons. The molecule has 1 saturated heterocycles. The standard InChI is InChI=1S/C18H26N2O3/c1-17(2,12-6-8-13(23-5)9-7-12)16(22)19-14-10-11-15(21)20-18(14,3)4/h6-9,14H,10-11H2,1-5H3,(H,19,22)(H,20,21). The first-order valence-corrected chi connectivity index (χ1v) is 7.93. The second kappa shape index (κ2) is 6.22. The molecule has 2 amide bonds. The van der Waals surface area contributed by atoms with Gasteiger partial charge < -0.3 is 15.4 Å². The SMILES string of the molecule is COc1ccc(C(C)(C)C(=O)NC2CCC(=O)NC2(C)C)cc1. The molecule has 126 valence electrons. The molecule has 0 aromatic heterocycles. The minimum absolute atomic E-state index is 0.0370. The van der Waals surface area contributed by atoms with Crippen molar-refractivity contribution < 1.29 is 14.3 Å². The van der Waals surface area contributed by atoms with E-state index in [9.17, 15) is 9.59 Å². The van der Waals surface area contributed by atoms with E-state index in [0.717, 1.165) is 11.3 Å². The summed E-state index contributed by atoms with van der Waals surface area (Å²) >= 11 is 0. The van der Waals surface area contributed by atoms with E-state index in [0.29, 0.717) is 12.8 Å². The lowest BCUT2D eigenvalue weighted by molar-refractivity contribution is -0.130. The van der Waals surface area contributed by atoms with Gasteiger partial charge in [0.15, 0.2) is 0 Å². The summed E-state index contributed by atoms with van der Waals surface area (Å²) in [5.41, 5.74) is -0.182. The Morgan fingerprint density at radius 3 is 2.43 bits per heavy atom. The molecular formula is C18H26N2O3. The van der Waals surface area contributed by atoms with Gasteiger partial charge in [0.05, 0.1) is 24.1 Å². The number of hydrogen-bond acceptors (Lipinski definition) is 3. The number of methoxy groups -OCH3 is 1. The fraction of sp³-hybridized carbons (Fsp3) is 0.556. The Morgan fingerprint density at radius 2 is 1.91 bits per heavy atom. The monoisotopic (exact) mass is 318 g/mol. The van der Waals surface area contributed by atoms with Crippen molar-refractivity contribution in [1.82, 2.24) is 10.6 Å². The van der Waals surface area contributed by atoms with Crippen LogP contribution in [0.15, 0.2) is 24.3 Å². The number of carbonyl (C=O) groups is 2. The first kappa shape index (κ1) is 17.3. The van der Waals surface area contributed by atoms with Crippen LogP contribution in [0, 0.1) is 0 Å². The number of ether oxygens (including phenoxy) is 1. The molecule has 1 heterocycles. The van der Waals surface area contributed by atoms with Crippen LogP contribution in [-0.4, -0.2) is 30.5 Å². The Morgan fingerprint density at radius 1 is 1.30 bits per heavy atom. The Labute approximate surface area is 137 Å². The van der Waals surface area contributed by atoms with Gasteiger partial charge in [0.25, 0.3) is 0 Å². The zero-order valence-electron chi connectivity index (χ0n) is 14.5. The third kappa shape index (κ3) is 3.66. The van der Waals surface area contributed by atoms with E-state index >= 15 is 0 Å². The van der Waals surface area contributed by atoms with Crippen molar-refractivity contribution in [2.45, 2.75) is 57.5 Å². The third-order valence-electron chi connectivity index (χ3n) is 4.68. The van der Waals surface area contributed by atoms with Crippen molar-refractivity contribution in [3.05, 3.63) is 29.8 Å². The van der Waals surface area contributed by atoms with Gasteiger partial charge in [-0.15, -0.1) is 0 Å². The number of benzene rings is 1. The van der Waals surface area contributed by atoms with E-state index in [1.54, 1.807) is 7.11 Å². The van der Waals surface area contributed by atoms with Gasteiger partial charge in [0.2, 0.25) is 11.8 Å². The molecule has 2 N–H and O–H groups in total. The molecular weight excluding hydrogens is 292 g/mol. The zero-order valence-corrected chi connectivity index (χ0v) is 14.5. The number of piperidine rings is 1. The number of rotatable bonds is 4. The molecule has 1 aromatic carbocycles. The van der Waals surface area contributed by atoms with Crippen molar-refractivity contribution in [2.24, 2.45) is 0 Å². The molecule has 1 fully saturated rings. The van der Waals surface area contributed by atoms with Crippen LogP contribution in [0.3, 0.4) is 0 Å². The van der Waals surface area contributed by atoms with Crippen molar-refractivity contribution in [3.63, 3.8) is 0 Å². The number of amides is 2. The summed E-state index contributed by atoms with van der Waals surface area (Å²) in [5.74, 6) is 0.757. The Bertz CT molecular complexity index is 591. The van der Waals surface area contributed by atoms with Crippen LogP contribution >= 0.6 is 0 Å². The molecule has 0 aliphatic carbocycles. The molecule has 5 heteroatoms. The molecule has 0 bridgehead atoms. The van der Waals surface area contributed by atoms with E-state index in [4.69, 9.17) is 4.74 Å². The zero-order chi connectivity index (χ0) is 17.3. The molecule has 2 rings (SSSR count). The average Bonchev–Trinajstić information content (AvgIpc) is 2.49. The molecule has 1 unspecified atom stereocenters. The van der Waals surface area contributed by atoms with Crippen molar-refractivity contribution >= 4 is 11.8 Å². The van der Waals surface area contributed by atoms with E-state index in [-0.39, 0.29) is 17.9 Å². The minimum atomic E-state index is -0.663. The summed E-state index contributed by atoms with van der Waals surface area (Å²) in [4.78, 5) is 24.4. The van der Waals surface area contributed by atoms with Crippen LogP contribution < -0.4 is 15.4 Å². The lowest BCUT2D eigenvalue weighted by atomic mass is 9.81. The molecule has 5 nitrogen and oxygen atoms in total. The predicted molar refractivity (Wildman–Crippen MR) is 89.4 cm³/mol. The van der Waals surface area contributed by atoms with Gasteiger partial charge in [0.1, 0.15) is 5.75 Å². The molecule has 1 aliphatic rings. The van der Waals surface area contributed by atoms with E-state index in [2.05, 4.69) is 10.6 Å². The van der Waals surface area contributed by atoms with Crippen LogP contribution in [-0.2, 0) is 15.0 Å². The highest BCUT2D eigenvalue weighted by molar-refractivity contribution is 5.88. The normalized spacial score (nSPS) is 20.6. The van der Waals surface area contributed by atoms with E-state index in [1.165, 1.54) is 0 Å². The Balaban J connectivity index is 2.13. The summed E-state index contributed by atoms with van der Waals surface area (Å²) in [7, 11) is 1.62. The molecule has 1 atom stereocenters. The topological polar surface area (TPSA) is 67.4 Å². The van der Waals surface area contributed by atoms with Gasteiger partial charge in [-0.3, -0.25) is 9.59 Å². The highest BCUT2D eigenvalue weighted by Gasteiger charge is 2.39. The second-order valence-corrected chi connectivity index (χ2v) is 7.19. The van der Waals surface area contributed by atoms with Crippen LogP contribution in [0.5, 0.6) is 5.75 Å². The summed E-state index contributed by atoms with van der Waals surface area (Å²) in [6, 6.07) is 7.45. The van der Waals surface area contributed by atoms with Gasteiger partial charge in [-0.2, -0.15) is 0 Å². The fourth-order valence-corrected chi connectivity index (χ4v) is 2.88. The summed E-state index contributed by atoms with van der Waals surface area (Å²) < 4.78 is 5.16. The highest BCUT2D eigenvalue weighted by atomic mass is 16.5. The van der Waals surface area contributed by atoms with E-state index < -0.39 is 11.0 Å². The van der Waals surface area contributed by atoms with Gasteiger partial charge in [-0.1, -0.05) is 12.1 Å². The number of nitrogens with one attached hydrogen (secondary N) is 2. The van der Waals surface area contributed by atoms with Gasteiger partial charge in [0, 0.05) is 6.42 Å². The lowest BCUT2D eigenvalue weighted by Gasteiger charge is -2.41. The summed E-state index contributed by atoms with van der Waals surface area (Å²) in [6.07, 6.45) is 1.10. The maximum Gasteiger partial charge on any atom is 0.230 e. The van der Waals surface area contributed by atoms with Crippen molar-refractivity contribution in [2.75, 3.05) is 7.11 Å². The maximum atomic E-state index is 12.8. The van der Waals surface area contributed by atoms with Crippen LogP contribution in [0.25, 0.3) is 0 Å². The molecule has 0 saturated carbocycles. The number of carbonyl (C=O) groups excluding carboxylic acids is 2. The van der Waals surface area contributed by atoms with Crippen LogP contribution in [0.4, 0.5) is 0 Å². The van der Waals surface area contributed by atoms with Crippen LogP contribution in [0.2, 0.25) is 0 Å². The molecule has 1 aliphatic heterocycles.